The summed E-state index contributed by atoms with van der Waals surface area (Å²) in [6, 6.07) is 4.69. The highest BCUT2D eigenvalue weighted by molar-refractivity contribution is 6.05. The Kier molecular flexibility index (Phi) is 6.17. The number of amides is 1. The van der Waals surface area contributed by atoms with Crippen LogP contribution in [0.2, 0.25) is 0 Å². The van der Waals surface area contributed by atoms with Gasteiger partial charge in [-0.05, 0) is 24.6 Å². The highest BCUT2D eigenvalue weighted by Gasteiger charge is 2.58. The van der Waals surface area contributed by atoms with Gasteiger partial charge in [0.25, 0.3) is 5.91 Å². The van der Waals surface area contributed by atoms with E-state index < -0.39 is 29.7 Å². The van der Waals surface area contributed by atoms with Crippen molar-refractivity contribution in [3.8, 4) is 11.1 Å². The van der Waals surface area contributed by atoms with Gasteiger partial charge in [0.05, 0.1) is 11.7 Å². The molecule has 1 aliphatic rings. The van der Waals surface area contributed by atoms with Crippen molar-refractivity contribution in [1.82, 2.24) is 15.0 Å². The van der Waals surface area contributed by atoms with Gasteiger partial charge < -0.3 is 15.3 Å². The third-order valence-corrected chi connectivity index (χ3v) is 5.32. The number of pyridine rings is 1. The lowest BCUT2D eigenvalue weighted by atomic mass is 10.1. The molecule has 1 saturated heterocycles. The number of carbonyl (C=O) groups excluding carboxylic acids is 1. The minimum absolute atomic E-state index is 0.0306. The van der Waals surface area contributed by atoms with Crippen molar-refractivity contribution in [1.29, 1.82) is 0 Å². The fourth-order valence-electron chi connectivity index (χ4n) is 3.55. The molecular weight excluding hydrogens is 461 g/mol. The van der Waals surface area contributed by atoms with E-state index >= 15 is 0 Å². The lowest BCUT2D eigenvalue weighted by Crippen LogP contribution is -2.33. The maximum Gasteiger partial charge on any atom is 0.458 e. The molecule has 178 valence electrons. The molecule has 1 aromatic carbocycles. The lowest BCUT2D eigenvalue weighted by molar-refractivity contribution is -0.289. The van der Waals surface area contributed by atoms with Crippen molar-refractivity contribution in [3.63, 3.8) is 0 Å². The van der Waals surface area contributed by atoms with Gasteiger partial charge in [0.1, 0.15) is 12.1 Å². The van der Waals surface area contributed by atoms with Crippen molar-refractivity contribution in [2.75, 3.05) is 23.3 Å². The Morgan fingerprint density at radius 2 is 1.74 bits per heavy atom. The van der Waals surface area contributed by atoms with E-state index in [0.717, 1.165) is 12.1 Å². The maximum atomic E-state index is 13.5. The number of nitrogens with one attached hydrogen (secondary N) is 1. The predicted molar refractivity (Wildman–Crippen MR) is 112 cm³/mol. The third kappa shape index (κ3) is 4.67. The largest absolute Gasteiger partial charge is 0.458 e. The van der Waals surface area contributed by atoms with E-state index in [-0.39, 0.29) is 11.3 Å². The van der Waals surface area contributed by atoms with Crippen LogP contribution in [0.1, 0.15) is 22.3 Å². The summed E-state index contributed by atoms with van der Waals surface area (Å²) in [5.41, 5.74) is 0.0422. The molecule has 1 aliphatic heterocycles. The van der Waals surface area contributed by atoms with Crippen molar-refractivity contribution < 1.29 is 31.9 Å². The topological polar surface area (TPSA) is 91.2 Å². The Morgan fingerprint density at radius 3 is 2.32 bits per heavy atom. The van der Waals surface area contributed by atoms with Crippen LogP contribution in [0.4, 0.5) is 33.5 Å². The number of anilines is 2. The van der Waals surface area contributed by atoms with Crippen molar-refractivity contribution in [2.45, 2.75) is 24.6 Å². The van der Waals surface area contributed by atoms with Gasteiger partial charge in [-0.3, -0.25) is 4.79 Å². The first-order chi connectivity index (χ1) is 16.1. The minimum atomic E-state index is -5.73. The highest BCUT2D eigenvalue weighted by Crippen LogP contribution is 2.44. The molecule has 0 bridgehead atoms. The summed E-state index contributed by atoms with van der Waals surface area (Å²) in [6.45, 7) is 0.934. The van der Waals surface area contributed by atoms with Crippen LogP contribution in [-0.2, 0) is 5.92 Å². The summed E-state index contributed by atoms with van der Waals surface area (Å²) >= 11 is 0. The fourth-order valence-corrected chi connectivity index (χ4v) is 3.55. The summed E-state index contributed by atoms with van der Waals surface area (Å²) in [4.78, 5) is 27.0. The molecule has 0 saturated carbocycles. The number of halogens is 5. The molecule has 0 spiro atoms. The van der Waals surface area contributed by atoms with Crippen LogP contribution in [0.5, 0.6) is 0 Å². The molecule has 0 aliphatic carbocycles. The van der Waals surface area contributed by atoms with Crippen LogP contribution in [-0.4, -0.2) is 51.3 Å². The molecular formula is C22H18F5N5O2. The van der Waals surface area contributed by atoms with Gasteiger partial charge in [-0.2, -0.15) is 22.0 Å². The number of aromatic nitrogens is 3. The van der Waals surface area contributed by atoms with Crippen LogP contribution >= 0.6 is 0 Å². The molecule has 4 rings (SSSR count). The summed E-state index contributed by atoms with van der Waals surface area (Å²) in [7, 11) is 0. The molecule has 3 heterocycles. The van der Waals surface area contributed by atoms with E-state index in [9.17, 15) is 31.9 Å². The van der Waals surface area contributed by atoms with E-state index in [1.807, 2.05) is 4.90 Å². The summed E-state index contributed by atoms with van der Waals surface area (Å²) in [6.07, 6.45) is 0.0831. The van der Waals surface area contributed by atoms with E-state index in [2.05, 4.69) is 20.3 Å². The Hall–Kier alpha value is -3.67. The van der Waals surface area contributed by atoms with E-state index in [4.69, 9.17) is 0 Å². The van der Waals surface area contributed by atoms with Crippen LogP contribution in [0.25, 0.3) is 11.1 Å². The highest BCUT2D eigenvalue weighted by atomic mass is 19.4. The average molecular weight is 479 g/mol. The Bertz CT molecular complexity index is 1170. The zero-order valence-corrected chi connectivity index (χ0v) is 17.4. The van der Waals surface area contributed by atoms with E-state index in [1.54, 1.807) is 18.5 Å². The fraction of sp³-hybridized carbons (Fsp3) is 0.273. The number of hydrogen-bond acceptors (Lipinski definition) is 6. The number of rotatable bonds is 5. The van der Waals surface area contributed by atoms with Crippen molar-refractivity contribution in [2.24, 2.45) is 0 Å². The maximum absolute atomic E-state index is 13.5. The van der Waals surface area contributed by atoms with Gasteiger partial charge in [0.2, 0.25) is 0 Å². The monoisotopic (exact) mass is 479 g/mol. The molecule has 34 heavy (non-hydrogen) atoms. The smallest absolute Gasteiger partial charge is 0.391 e. The molecule has 1 atom stereocenters. The van der Waals surface area contributed by atoms with E-state index in [1.165, 1.54) is 12.5 Å². The van der Waals surface area contributed by atoms with Gasteiger partial charge in [0, 0.05) is 54.1 Å². The molecule has 2 aromatic heterocycles. The molecule has 7 nitrogen and oxygen atoms in total. The lowest BCUT2D eigenvalue weighted by Gasteiger charge is -2.21. The Balaban J connectivity index is 1.59. The molecule has 1 amide bonds. The predicted octanol–water partition coefficient (Wildman–Crippen LogP) is 4.02. The van der Waals surface area contributed by atoms with Crippen molar-refractivity contribution >= 4 is 17.4 Å². The second-order valence-corrected chi connectivity index (χ2v) is 7.71. The quantitative estimate of drug-likeness (QED) is 0.538. The zero-order valence-electron chi connectivity index (χ0n) is 17.4. The number of alkyl halides is 5. The number of benzene rings is 1. The molecule has 2 N–H and O–H groups in total. The molecule has 1 unspecified atom stereocenters. The molecule has 1 fully saturated rings. The third-order valence-electron chi connectivity index (χ3n) is 5.32. The number of β-amino-alcohol motifs (C(OH)–C–C–N with tert-alkyl or cyclic N) is 1. The first-order valence-electron chi connectivity index (χ1n) is 10.1. The molecule has 0 radical (unpaired) electrons. The van der Waals surface area contributed by atoms with E-state index in [0.29, 0.717) is 48.6 Å². The summed E-state index contributed by atoms with van der Waals surface area (Å²) < 4.78 is 64.6. The molecule has 3 aromatic rings. The number of hydrogen-bond donors (Lipinski definition) is 2. The van der Waals surface area contributed by atoms with Crippen LogP contribution in [0.15, 0.2) is 55.2 Å². The van der Waals surface area contributed by atoms with Crippen molar-refractivity contribution in [3.05, 3.63) is 66.4 Å². The first-order valence-corrected chi connectivity index (χ1v) is 10.1. The SMILES string of the molecule is O=C(Nc1ccc(C(F)(F)C(F)(F)F)cc1)c1cnc(N2CCC(O)C2)c(-c2cncnc2)c1. The minimum Gasteiger partial charge on any atom is -0.391 e. The van der Waals surface area contributed by atoms with Gasteiger partial charge >= 0.3 is 12.1 Å². The summed E-state index contributed by atoms with van der Waals surface area (Å²) in [5.74, 6) is -5.12. The Morgan fingerprint density at radius 1 is 1.06 bits per heavy atom. The van der Waals surface area contributed by atoms with Gasteiger partial charge in [-0.15, -0.1) is 0 Å². The van der Waals surface area contributed by atoms with Crippen LogP contribution in [0.3, 0.4) is 0 Å². The average Bonchev–Trinajstić information content (AvgIpc) is 3.25. The standard InChI is InChI=1S/C22H18F5N5O2/c23-21(24,22(25,26)27)15-1-3-16(4-2-15)31-20(34)13-7-18(14-8-28-12-29-9-14)19(30-10-13)32-6-5-17(33)11-32/h1-4,7-10,12,17,33H,5-6,11H2,(H,31,34). The normalized spacial score (nSPS) is 16.5. The second-order valence-electron chi connectivity index (χ2n) is 7.71. The second kappa shape index (κ2) is 8.93. The zero-order chi connectivity index (χ0) is 24.5. The summed E-state index contributed by atoms with van der Waals surface area (Å²) in [5, 5.41) is 12.3. The molecule has 12 heteroatoms. The number of nitrogens with zero attached hydrogens (tertiary/aromatic N) is 4. The Labute approximate surface area is 190 Å². The van der Waals surface area contributed by atoms with Gasteiger partial charge in [-0.1, -0.05) is 12.1 Å². The first kappa shape index (κ1) is 23.5. The van der Waals surface area contributed by atoms with Gasteiger partial charge in [0.15, 0.2) is 0 Å². The van der Waals surface area contributed by atoms with Gasteiger partial charge in [-0.25, -0.2) is 15.0 Å². The number of aliphatic hydroxyl groups excluding tert-OH is 1. The number of aliphatic hydroxyl groups is 1. The van der Waals surface area contributed by atoms with Crippen LogP contribution in [0, 0.1) is 0 Å². The van der Waals surface area contributed by atoms with Crippen LogP contribution < -0.4 is 10.2 Å². The number of carbonyl (C=O) groups is 1.